The Kier molecular flexibility index (Phi) is 4.00. The highest BCUT2D eigenvalue weighted by molar-refractivity contribution is 6.25. The molecule has 1 aliphatic rings. The predicted octanol–water partition coefficient (Wildman–Crippen LogP) is 4.06. The predicted molar refractivity (Wildman–Crippen MR) is 101 cm³/mol. The van der Waals surface area contributed by atoms with Crippen molar-refractivity contribution in [2.45, 2.75) is 6.92 Å². The van der Waals surface area contributed by atoms with E-state index in [9.17, 15) is 9.59 Å². The monoisotopic (exact) mass is 359 g/mol. The highest BCUT2D eigenvalue weighted by Gasteiger charge is 2.35. The Bertz CT molecular complexity index is 1100. The smallest absolute Gasteiger partial charge is 0.340 e. The molecule has 0 radical (unpaired) electrons. The molecule has 0 saturated carbocycles. The zero-order valence-corrected chi connectivity index (χ0v) is 15.2. The molecule has 0 amide bonds. The molecule has 0 atom stereocenters. The van der Waals surface area contributed by atoms with E-state index >= 15 is 0 Å². The maximum atomic E-state index is 13.2. The lowest BCUT2D eigenvalue weighted by molar-refractivity contribution is 0.0600. The van der Waals surface area contributed by atoms with Crippen molar-refractivity contribution in [3.05, 3.63) is 70.9 Å². The molecule has 3 aromatic rings. The van der Waals surface area contributed by atoms with Crippen molar-refractivity contribution in [3.8, 4) is 28.1 Å². The van der Waals surface area contributed by atoms with Crippen LogP contribution in [-0.2, 0) is 4.74 Å². The van der Waals surface area contributed by atoms with Crippen molar-refractivity contribution in [1.82, 2.24) is 4.98 Å². The summed E-state index contributed by atoms with van der Waals surface area (Å²) in [7, 11) is 2.87. The fraction of sp³-hybridized carbons (Fsp3) is 0.136. The molecule has 1 heterocycles. The van der Waals surface area contributed by atoms with Crippen molar-refractivity contribution in [3.63, 3.8) is 0 Å². The van der Waals surface area contributed by atoms with E-state index < -0.39 is 5.97 Å². The Morgan fingerprint density at radius 3 is 2.19 bits per heavy atom. The van der Waals surface area contributed by atoms with E-state index in [1.807, 2.05) is 36.4 Å². The average molecular weight is 359 g/mol. The first-order valence-corrected chi connectivity index (χ1v) is 8.48. The van der Waals surface area contributed by atoms with Gasteiger partial charge in [-0.25, -0.2) is 4.79 Å². The van der Waals surface area contributed by atoms with Crippen LogP contribution in [-0.4, -0.2) is 31.0 Å². The number of methoxy groups -OCH3 is 2. The summed E-state index contributed by atoms with van der Waals surface area (Å²) < 4.78 is 10.5. The summed E-state index contributed by atoms with van der Waals surface area (Å²) in [4.78, 5) is 30.4. The number of carbonyl (C=O) groups excluding carboxylic acids is 2. The first-order valence-electron chi connectivity index (χ1n) is 8.48. The van der Waals surface area contributed by atoms with Crippen molar-refractivity contribution >= 4 is 11.8 Å². The highest BCUT2D eigenvalue weighted by Crippen LogP contribution is 2.45. The molecular formula is C22H17NO4. The molecule has 0 N–H and O–H groups in total. The lowest BCUT2D eigenvalue weighted by Crippen LogP contribution is -2.12. The van der Waals surface area contributed by atoms with Gasteiger partial charge in [0.25, 0.3) is 0 Å². The van der Waals surface area contributed by atoms with Crippen LogP contribution in [0.1, 0.15) is 32.0 Å². The van der Waals surface area contributed by atoms with E-state index in [2.05, 4.69) is 4.98 Å². The fourth-order valence-corrected chi connectivity index (χ4v) is 3.61. The van der Waals surface area contributed by atoms with E-state index in [0.29, 0.717) is 39.4 Å². The molecule has 134 valence electrons. The van der Waals surface area contributed by atoms with Crippen LogP contribution in [0.3, 0.4) is 0 Å². The van der Waals surface area contributed by atoms with Crippen molar-refractivity contribution in [2.24, 2.45) is 0 Å². The van der Waals surface area contributed by atoms with E-state index in [-0.39, 0.29) is 11.3 Å². The van der Waals surface area contributed by atoms with E-state index in [4.69, 9.17) is 9.47 Å². The van der Waals surface area contributed by atoms with Crippen LogP contribution in [0.2, 0.25) is 0 Å². The molecule has 2 aromatic carbocycles. The van der Waals surface area contributed by atoms with E-state index in [1.54, 1.807) is 26.2 Å². The zero-order valence-electron chi connectivity index (χ0n) is 15.2. The molecule has 1 aromatic heterocycles. The third-order valence-electron chi connectivity index (χ3n) is 4.80. The van der Waals surface area contributed by atoms with Gasteiger partial charge in [-0.15, -0.1) is 0 Å². The fourth-order valence-electron chi connectivity index (χ4n) is 3.61. The molecule has 0 unspecified atom stereocenters. The number of hydrogen-bond acceptors (Lipinski definition) is 5. The number of benzene rings is 2. The van der Waals surface area contributed by atoms with Gasteiger partial charge in [-0.3, -0.25) is 9.78 Å². The number of hydrogen-bond donors (Lipinski definition) is 0. The second-order valence-corrected chi connectivity index (χ2v) is 6.24. The molecule has 5 nitrogen and oxygen atoms in total. The number of fused-ring (bicyclic) bond motifs is 3. The second kappa shape index (κ2) is 6.36. The van der Waals surface area contributed by atoms with Crippen LogP contribution in [0.5, 0.6) is 5.75 Å². The zero-order chi connectivity index (χ0) is 19.1. The Hall–Kier alpha value is -3.47. The van der Waals surface area contributed by atoms with Gasteiger partial charge in [-0.1, -0.05) is 42.5 Å². The molecule has 0 aliphatic heterocycles. The molecule has 4 rings (SSSR count). The minimum absolute atomic E-state index is 0.154. The molecule has 0 bridgehead atoms. The Morgan fingerprint density at radius 2 is 1.52 bits per heavy atom. The summed E-state index contributed by atoms with van der Waals surface area (Å²) in [5.41, 5.74) is 4.29. The third-order valence-corrected chi connectivity index (χ3v) is 4.80. The molecule has 0 fully saturated rings. The maximum Gasteiger partial charge on any atom is 0.340 e. The number of rotatable bonds is 3. The van der Waals surface area contributed by atoms with Crippen LogP contribution >= 0.6 is 0 Å². The minimum Gasteiger partial charge on any atom is -0.496 e. The Labute approximate surface area is 156 Å². The average Bonchev–Trinajstić information content (AvgIpc) is 2.98. The number of nitrogens with zero attached hydrogens (tertiary/aromatic N) is 1. The standard InChI is InChI=1S/C22H17NO4/c1-12-17(22(25)27-3)18(15-10-6-7-11-16(15)26-2)19-20(23-12)13-8-4-5-9-14(13)21(19)24/h4-11H,1-3H3. The lowest BCUT2D eigenvalue weighted by Gasteiger charge is -2.17. The molecular weight excluding hydrogens is 342 g/mol. The molecule has 1 aliphatic carbocycles. The summed E-state index contributed by atoms with van der Waals surface area (Å²) in [6.07, 6.45) is 0. The van der Waals surface area contributed by atoms with Crippen LogP contribution in [0, 0.1) is 6.92 Å². The van der Waals surface area contributed by atoms with Gasteiger partial charge in [0, 0.05) is 22.3 Å². The number of pyridine rings is 1. The van der Waals surface area contributed by atoms with Crippen LogP contribution < -0.4 is 4.74 Å². The van der Waals surface area contributed by atoms with Crippen LogP contribution in [0.15, 0.2) is 48.5 Å². The minimum atomic E-state index is -0.535. The normalized spacial score (nSPS) is 11.7. The number of aryl methyl sites for hydroxylation is 1. The van der Waals surface area contributed by atoms with Crippen molar-refractivity contribution < 1.29 is 19.1 Å². The number of aromatic nitrogens is 1. The number of carbonyl (C=O) groups is 2. The number of ketones is 1. The third kappa shape index (κ3) is 2.43. The highest BCUT2D eigenvalue weighted by atomic mass is 16.5. The number of ether oxygens (including phenoxy) is 2. The summed E-state index contributed by atoms with van der Waals surface area (Å²) in [6.45, 7) is 1.75. The van der Waals surface area contributed by atoms with Crippen molar-refractivity contribution in [2.75, 3.05) is 14.2 Å². The quantitative estimate of drug-likeness (QED) is 0.516. The van der Waals surface area contributed by atoms with Gasteiger partial charge in [0.15, 0.2) is 5.78 Å². The lowest BCUT2D eigenvalue weighted by atomic mass is 9.91. The summed E-state index contributed by atoms with van der Waals surface area (Å²) in [5, 5.41) is 0. The van der Waals surface area contributed by atoms with Gasteiger partial charge in [0.2, 0.25) is 0 Å². The Balaban J connectivity index is 2.16. The topological polar surface area (TPSA) is 65.5 Å². The second-order valence-electron chi connectivity index (χ2n) is 6.24. The first-order chi connectivity index (χ1) is 13.1. The first kappa shape index (κ1) is 17.0. The largest absolute Gasteiger partial charge is 0.496 e. The van der Waals surface area contributed by atoms with Gasteiger partial charge in [0.05, 0.1) is 36.7 Å². The SMILES string of the molecule is COC(=O)c1c(C)nc2c(c1-c1ccccc1OC)C(=O)c1ccccc1-2. The molecule has 0 saturated heterocycles. The number of para-hydroxylation sites is 1. The Morgan fingerprint density at radius 1 is 0.889 bits per heavy atom. The molecule has 5 heteroatoms. The summed E-state index contributed by atoms with van der Waals surface area (Å²) >= 11 is 0. The van der Waals surface area contributed by atoms with Gasteiger partial charge in [-0.05, 0) is 13.0 Å². The number of esters is 1. The van der Waals surface area contributed by atoms with E-state index in [0.717, 1.165) is 5.56 Å². The van der Waals surface area contributed by atoms with Gasteiger partial charge < -0.3 is 9.47 Å². The molecule has 27 heavy (non-hydrogen) atoms. The summed E-state index contributed by atoms with van der Waals surface area (Å²) in [5.74, 6) is -0.120. The van der Waals surface area contributed by atoms with Gasteiger partial charge in [-0.2, -0.15) is 0 Å². The maximum absolute atomic E-state index is 13.2. The van der Waals surface area contributed by atoms with Gasteiger partial charge in [0.1, 0.15) is 5.75 Å². The van der Waals surface area contributed by atoms with Crippen LogP contribution in [0.25, 0.3) is 22.4 Å². The summed E-state index contributed by atoms with van der Waals surface area (Å²) in [6, 6.07) is 14.6. The van der Waals surface area contributed by atoms with Gasteiger partial charge >= 0.3 is 5.97 Å². The molecule has 0 spiro atoms. The van der Waals surface area contributed by atoms with Crippen molar-refractivity contribution in [1.29, 1.82) is 0 Å². The van der Waals surface area contributed by atoms with E-state index in [1.165, 1.54) is 7.11 Å². The van der Waals surface area contributed by atoms with Crippen LogP contribution in [0.4, 0.5) is 0 Å².